The summed E-state index contributed by atoms with van der Waals surface area (Å²) in [6.07, 6.45) is -1.07. The number of hydrogen-bond acceptors (Lipinski definition) is 5. The van der Waals surface area contributed by atoms with Crippen molar-refractivity contribution in [2.75, 3.05) is 18.1 Å². The average molecular weight is 434 g/mol. The largest absolute Gasteiger partial charge is 0.444 e. The number of rotatable bonds is 3. The fourth-order valence-corrected chi connectivity index (χ4v) is 1.39. The molecule has 0 atom stereocenters. The van der Waals surface area contributed by atoms with Crippen LogP contribution in [0.15, 0.2) is 12.3 Å². The van der Waals surface area contributed by atoms with Crippen molar-refractivity contribution in [1.29, 1.82) is 0 Å². The Morgan fingerprint density at radius 1 is 1.05 bits per heavy atom. The van der Waals surface area contributed by atoms with Crippen LogP contribution in [0.3, 0.4) is 0 Å². The minimum absolute atomic E-state index is 0.0522. The molecule has 0 aromatic carbocycles. The molecule has 1 aromatic heterocycles. The predicted octanol–water partition coefficient (Wildman–Crippen LogP) is 4.23. The molecular weight excluding hydrogens is 427 g/mol. The van der Waals surface area contributed by atoms with E-state index in [-0.39, 0.29) is 5.82 Å². The summed E-state index contributed by atoms with van der Waals surface area (Å²) < 4.78 is 5.68. The molecule has 0 fully saturated rings. The summed E-state index contributed by atoms with van der Waals surface area (Å²) in [7, 11) is 0. The lowest BCUT2D eigenvalue weighted by atomic mass is 10.5. The highest BCUT2D eigenvalue weighted by Gasteiger charge is 2.32. The predicted molar refractivity (Wildman–Crippen MR) is 84.3 cm³/mol. The molecule has 13 heteroatoms. The van der Waals surface area contributed by atoms with E-state index < -0.39 is 33.0 Å². The van der Waals surface area contributed by atoms with Gasteiger partial charge < -0.3 is 9.47 Å². The van der Waals surface area contributed by atoms with Gasteiger partial charge in [-0.3, -0.25) is 5.10 Å². The molecule has 0 radical (unpaired) electrons. The SMILES string of the molecule is O=C(OCC(Cl)(Cl)Cl)N(C(=O)OCC(Cl)(Cl)Cl)c1ccn[nH]1. The third-order valence-electron chi connectivity index (χ3n) is 1.81. The molecule has 0 bridgehead atoms. The van der Waals surface area contributed by atoms with Gasteiger partial charge in [-0.05, 0) is 0 Å². The quantitative estimate of drug-likeness (QED) is 0.721. The Morgan fingerprint density at radius 3 is 1.82 bits per heavy atom. The Morgan fingerprint density at radius 2 is 1.50 bits per heavy atom. The summed E-state index contributed by atoms with van der Waals surface area (Å²) >= 11 is 32.7. The molecule has 0 aliphatic rings. The minimum Gasteiger partial charge on any atom is -0.444 e. The van der Waals surface area contributed by atoms with Crippen molar-refractivity contribution < 1.29 is 19.1 Å². The molecule has 1 N–H and O–H groups in total. The average Bonchev–Trinajstić information content (AvgIpc) is 2.86. The molecule has 1 aromatic rings. The van der Waals surface area contributed by atoms with Gasteiger partial charge in [0, 0.05) is 6.07 Å². The number of imide groups is 1. The number of aromatic amines is 1. The van der Waals surface area contributed by atoms with Gasteiger partial charge in [-0.1, -0.05) is 69.6 Å². The number of hydrogen-bond donors (Lipinski definition) is 1. The number of halogens is 6. The van der Waals surface area contributed by atoms with E-state index in [9.17, 15) is 9.59 Å². The Kier molecular flexibility index (Phi) is 7.17. The molecule has 0 saturated carbocycles. The first kappa shape index (κ1) is 19.7. The first-order chi connectivity index (χ1) is 9.99. The van der Waals surface area contributed by atoms with E-state index in [1.54, 1.807) is 0 Å². The van der Waals surface area contributed by atoms with E-state index in [0.29, 0.717) is 4.90 Å². The number of anilines is 1. The summed E-state index contributed by atoms with van der Waals surface area (Å²) in [5, 5.41) is 5.96. The van der Waals surface area contributed by atoms with Crippen LogP contribution in [-0.2, 0) is 9.47 Å². The zero-order chi connectivity index (χ0) is 17.0. The maximum atomic E-state index is 11.9. The number of aromatic nitrogens is 2. The number of carbonyl (C=O) groups excluding carboxylic acids is 2. The van der Waals surface area contributed by atoms with Crippen molar-refractivity contribution in [1.82, 2.24) is 10.2 Å². The smallest absolute Gasteiger partial charge is 0.425 e. The molecule has 124 valence electrons. The van der Waals surface area contributed by atoms with Crippen molar-refractivity contribution in [3.8, 4) is 0 Å². The van der Waals surface area contributed by atoms with Crippen molar-refractivity contribution in [2.24, 2.45) is 0 Å². The number of H-pyrrole nitrogens is 1. The molecule has 1 heterocycles. The number of carbonyl (C=O) groups is 2. The fraction of sp³-hybridized carbons (Fsp3) is 0.444. The zero-order valence-corrected chi connectivity index (χ0v) is 14.9. The molecule has 1 rings (SSSR count). The number of nitrogens with one attached hydrogen (secondary N) is 1. The second-order valence-corrected chi connectivity index (χ2v) is 8.65. The standard InChI is InChI=1S/C9H7Cl6N3O4/c10-8(11,12)3-21-6(19)18(5-1-2-16-17-5)7(20)22-4-9(13,14)15/h1-2H,3-4H2,(H,16,17). The van der Waals surface area contributed by atoms with Gasteiger partial charge >= 0.3 is 12.2 Å². The second kappa shape index (κ2) is 7.99. The Bertz CT molecular complexity index is 482. The van der Waals surface area contributed by atoms with Crippen LogP contribution >= 0.6 is 69.6 Å². The molecule has 0 spiro atoms. The zero-order valence-electron chi connectivity index (χ0n) is 10.4. The first-order valence-electron chi connectivity index (χ1n) is 5.26. The lowest BCUT2D eigenvalue weighted by Gasteiger charge is -2.20. The first-order valence-corrected chi connectivity index (χ1v) is 7.53. The lowest BCUT2D eigenvalue weighted by molar-refractivity contribution is 0.136. The third-order valence-corrected chi connectivity index (χ3v) is 2.47. The van der Waals surface area contributed by atoms with Crippen LogP contribution in [0.2, 0.25) is 0 Å². The monoisotopic (exact) mass is 431 g/mol. The molecule has 0 aliphatic carbocycles. The minimum atomic E-state index is -1.85. The van der Waals surface area contributed by atoms with Gasteiger partial charge in [0.15, 0.2) is 0 Å². The maximum Gasteiger partial charge on any atom is 0.425 e. The highest BCUT2D eigenvalue weighted by Crippen LogP contribution is 2.28. The van der Waals surface area contributed by atoms with Gasteiger partial charge in [0.1, 0.15) is 19.0 Å². The summed E-state index contributed by atoms with van der Waals surface area (Å²) in [6, 6.07) is 1.30. The van der Waals surface area contributed by atoms with Crippen LogP contribution in [0.4, 0.5) is 15.4 Å². The van der Waals surface area contributed by atoms with Crippen molar-refractivity contribution in [3.05, 3.63) is 12.3 Å². The van der Waals surface area contributed by atoms with Crippen molar-refractivity contribution in [2.45, 2.75) is 7.59 Å². The fourth-order valence-electron chi connectivity index (χ4n) is 1.06. The number of nitrogens with zero attached hydrogens (tertiary/aromatic N) is 2. The van der Waals surface area contributed by atoms with Crippen molar-refractivity contribution in [3.63, 3.8) is 0 Å². The normalized spacial score (nSPS) is 11.9. The molecule has 2 amide bonds. The van der Waals surface area contributed by atoms with E-state index in [2.05, 4.69) is 19.7 Å². The third kappa shape index (κ3) is 7.30. The summed E-state index contributed by atoms with van der Waals surface area (Å²) in [6.45, 7) is -1.20. The van der Waals surface area contributed by atoms with Crippen LogP contribution in [0.25, 0.3) is 0 Å². The summed E-state index contributed by atoms with van der Waals surface area (Å²) in [5.41, 5.74) is 0. The molecule has 7 nitrogen and oxygen atoms in total. The second-order valence-electron chi connectivity index (χ2n) is 3.62. The Hall–Kier alpha value is -0.310. The van der Waals surface area contributed by atoms with Gasteiger partial charge in [-0.2, -0.15) is 10.00 Å². The van der Waals surface area contributed by atoms with E-state index in [1.807, 2.05) is 0 Å². The van der Waals surface area contributed by atoms with Gasteiger partial charge in [0.05, 0.1) is 6.20 Å². The topological polar surface area (TPSA) is 84.5 Å². The van der Waals surface area contributed by atoms with E-state index in [4.69, 9.17) is 69.6 Å². The highest BCUT2D eigenvalue weighted by atomic mass is 35.6. The van der Waals surface area contributed by atoms with Gasteiger partial charge in [0.2, 0.25) is 7.59 Å². The van der Waals surface area contributed by atoms with Crippen LogP contribution in [-0.4, -0.2) is 43.2 Å². The van der Waals surface area contributed by atoms with Crippen LogP contribution in [0, 0.1) is 0 Å². The van der Waals surface area contributed by atoms with Crippen LogP contribution < -0.4 is 4.90 Å². The van der Waals surface area contributed by atoms with Gasteiger partial charge in [-0.15, -0.1) is 0 Å². The Balaban J connectivity index is 2.81. The summed E-state index contributed by atoms with van der Waals surface area (Å²) in [5.74, 6) is -0.0522. The van der Waals surface area contributed by atoms with E-state index in [1.165, 1.54) is 12.3 Å². The maximum absolute atomic E-state index is 11.9. The van der Waals surface area contributed by atoms with E-state index in [0.717, 1.165) is 0 Å². The van der Waals surface area contributed by atoms with Gasteiger partial charge in [0.25, 0.3) is 0 Å². The molecule has 0 saturated heterocycles. The summed E-state index contributed by atoms with van der Waals surface area (Å²) in [4.78, 5) is 24.3. The van der Waals surface area contributed by atoms with Crippen LogP contribution in [0.1, 0.15) is 0 Å². The molecule has 0 unspecified atom stereocenters. The molecule has 0 aliphatic heterocycles. The number of ether oxygens (including phenoxy) is 2. The van der Waals surface area contributed by atoms with Gasteiger partial charge in [-0.25, -0.2) is 9.59 Å². The lowest BCUT2D eigenvalue weighted by Crippen LogP contribution is -2.40. The molecule has 22 heavy (non-hydrogen) atoms. The van der Waals surface area contributed by atoms with Crippen LogP contribution in [0.5, 0.6) is 0 Å². The Labute approximate surface area is 154 Å². The number of alkyl halides is 6. The van der Waals surface area contributed by atoms with Crippen molar-refractivity contribution >= 4 is 87.6 Å². The number of amides is 2. The highest BCUT2D eigenvalue weighted by molar-refractivity contribution is 6.68. The molecular formula is C9H7Cl6N3O4. The van der Waals surface area contributed by atoms with E-state index >= 15 is 0 Å².